The molecular weight excluding hydrogens is 832 g/mol. The van der Waals surface area contributed by atoms with Crippen LogP contribution < -0.4 is 10.6 Å². The van der Waals surface area contributed by atoms with Crippen molar-refractivity contribution in [3.05, 3.63) is 92.6 Å². The molecule has 1 aliphatic heterocycles. The number of aliphatic carboxylic acids is 1. The van der Waals surface area contributed by atoms with Crippen LogP contribution in [0, 0.1) is 29.1 Å². The lowest BCUT2D eigenvalue weighted by molar-refractivity contribution is -0.142. The Bertz CT molecular complexity index is 3020. The molecule has 296 valence electrons. The number of fused-ring (bicyclic) bond motifs is 8. The van der Waals surface area contributed by atoms with Crippen LogP contribution in [0.15, 0.2) is 61.7 Å². The summed E-state index contributed by atoms with van der Waals surface area (Å²) in [5.74, 6) is 0.486. The standard InChI is InChI=1S/C22H18ClN7OS.C18H14ClN5O2S/c23-16-10-30-14(3-4-27-30)6-17(16)28-20-19-15-2-1-13(22(31)29-8-12(7-24)9-29)5-18(15)32-21(19)26-11-25-20;19-12-7-24-10(3-4-22-24)6-13(12)23-16-15-11-2-1-9(18(25)26)5-14(11)27-17(15)21-8-20-16/h3-4,6,10-13H,1-2,5,8-9H2,(H,25,26,28);3-4,6-9H,1-2,5H2,(H,25,26)(H,20,21,23)/t13-;9-/m00/s1. The first-order valence-corrected chi connectivity index (χ1v) is 21.3. The number of thiophene rings is 2. The topological polar surface area (TPSA) is 192 Å². The van der Waals surface area contributed by atoms with Crippen LogP contribution in [0.3, 0.4) is 0 Å². The Kier molecular flexibility index (Phi) is 9.51. The molecule has 1 fully saturated rings. The molecule has 0 unspecified atom stereocenters. The van der Waals surface area contributed by atoms with E-state index in [0.29, 0.717) is 54.6 Å². The van der Waals surface area contributed by atoms with Crippen molar-refractivity contribution in [1.82, 2.24) is 44.1 Å². The highest BCUT2D eigenvalue weighted by Crippen LogP contribution is 2.43. The molecule has 1 amide bonds. The van der Waals surface area contributed by atoms with Gasteiger partial charge in [0.25, 0.3) is 0 Å². The molecule has 8 aromatic rings. The summed E-state index contributed by atoms with van der Waals surface area (Å²) in [6.45, 7) is 1.12. The van der Waals surface area contributed by atoms with Crippen LogP contribution in [-0.2, 0) is 35.3 Å². The van der Waals surface area contributed by atoms with Crippen molar-refractivity contribution in [2.75, 3.05) is 23.7 Å². The van der Waals surface area contributed by atoms with Gasteiger partial charge in [0, 0.05) is 53.5 Å². The van der Waals surface area contributed by atoms with Crippen LogP contribution in [0.2, 0.25) is 10.0 Å². The molecule has 3 aliphatic rings. The average Bonchev–Trinajstić information content (AvgIpc) is 4.02. The third-order valence-electron chi connectivity index (χ3n) is 11.2. The molecule has 2 atom stereocenters. The van der Waals surface area contributed by atoms with Crippen molar-refractivity contribution in [2.24, 2.45) is 17.8 Å². The Balaban J connectivity index is 0.000000145. The summed E-state index contributed by atoms with van der Waals surface area (Å²) >= 11 is 16.1. The maximum Gasteiger partial charge on any atom is 0.306 e. The molecule has 19 heteroatoms. The van der Waals surface area contributed by atoms with Crippen molar-refractivity contribution < 1.29 is 14.7 Å². The van der Waals surface area contributed by atoms with Gasteiger partial charge in [-0.15, -0.1) is 22.7 Å². The van der Waals surface area contributed by atoms with Gasteiger partial charge in [0.2, 0.25) is 5.91 Å². The lowest BCUT2D eigenvalue weighted by Gasteiger charge is -2.38. The number of carboxylic acid groups (broad SMARTS) is 1. The van der Waals surface area contributed by atoms with Gasteiger partial charge in [0.05, 0.1) is 61.1 Å². The molecule has 0 saturated carbocycles. The SMILES string of the molecule is N#CC1CN(C(=O)[C@H]2CCc3c(sc4ncnc(Nc5cc6ccnn6cc5Cl)c34)C2)C1.O=C(O)[C@H]1CCc2c(sc3ncnc(Nc4cc5ccnn5cc4Cl)c23)C1. The number of halogens is 2. The van der Waals surface area contributed by atoms with Gasteiger partial charge in [0.1, 0.15) is 34.0 Å². The minimum absolute atomic E-state index is 0.0139. The fraction of sp³-hybridized carbons (Fsp3) is 0.275. The van der Waals surface area contributed by atoms with Gasteiger partial charge in [0.15, 0.2) is 0 Å². The zero-order valence-corrected chi connectivity index (χ0v) is 34.1. The molecular formula is C40H32Cl2N12O3S2. The van der Waals surface area contributed by atoms with Crippen LogP contribution in [-0.4, -0.2) is 74.1 Å². The van der Waals surface area contributed by atoms with Gasteiger partial charge in [-0.3, -0.25) is 9.59 Å². The summed E-state index contributed by atoms with van der Waals surface area (Å²) in [7, 11) is 0. The summed E-state index contributed by atoms with van der Waals surface area (Å²) in [5.41, 5.74) is 5.72. The Morgan fingerprint density at radius 1 is 0.780 bits per heavy atom. The number of aryl methyl sites for hydroxylation is 2. The first kappa shape index (κ1) is 37.3. The summed E-state index contributed by atoms with van der Waals surface area (Å²) in [4.78, 5) is 47.9. The summed E-state index contributed by atoms with van der Waals surface area (Å²) in [5, 5.41) is 36.5. The van der Waals surface area contributed by atoms with Crippen LogP contribution in [0.25, 0.3) is 31.5 Å². The number of likely N-dealkylation sites (tertiary alicyclic amines) is 1. The number of aromatic nitrogens is 8. The number of amides is 1. The lowest BCUT2D eigenvalue weighted by atomic mass is 9.85. The van der Waals surface area contributed by atoms with E-state index >= 15 is 0 Å². The van der Waals surface area contributed by atoms with E-state index in [4.69, 9.17) is 28.5 Å². The monoisotopic (exact) mass is 862 g/mol. The van der Waals surface area contributed by atoms with E-state index in [2.05, 4.69) is 46.8 Å². The molecule has 59 heavy (non-hydrogen) atoms. The van der Waals surface area contributed by atoms with Crippen molar-refractivity contribution in [3.8, 4) is 6.07 Å². The third kappa shape index (κ3) is 6.85. The van der Waals surface area contributed by atoms with Gasteiger partial charge >= 0.3 is 5.97 Å². The number of nitrogens with one attached hydrogen (secondary N) is 2. The van der Waals surface area contributed by atoms with Crippen molar-refractivity contribution in [2.45, 2.75) is 38.5 Å². The number of carboxylic acids is 1. The average molecular weight is 864 g/mol. The predicted molar refractivity (Wildman–Crippen MR) is 226 cm³/mol. The second kappa shape index (κ2) is 15.0. The van der Waals surface area contributed by atoms with Gasteiger partial charge in [-0.2, -0.15) is 15.5 Å². The van der Waals surface area contributed by atoms with E-state index in [1.165, 1.54) is 16.8 Å². The molecule has 2 aliphatic carbocycles. The number of hydrogen-bond donors (Lipinski definition) is 3. The van der Waals surface area contributed by atoms with E-state index in [1.54, 1.807) is 62.8 Å². The first-order valence-electron chi connectivity index (χ1n) is 18.9. The number of nitrogens with zero attached hydrogens (tertiary/aromatic N) is 10. The number of hydrogen-bond acceptors (Lipinski definition) is 13. The van der Waals surface area contributed by atoms with Crippen molar-refractivity contribution >= 4 is 112 Å². The van der Waals surface area contributed by atoms with E-state index in [9.17, 15) is 14.7 Å². The lowest BCUT2D eigenvalue weighted by Crippen LogP contribution is -2.52. The highest BCUT2D eigenvalue weighted by atomic mass is 35.5. The molecule has 0 bridgehead atoms. The fourth-order valence-corrected chi connectivity index (χ4v) is 11.1. The normalized spacial score (nSPS) is 17.5. The van der Waals surface area contributed by atoms with Crippen LogP contribution in [0.1, 0.15) is 33.7 Å². The third-order valence-corrected chi connectivity index (χ3v) is 14.2. The molecule has 11 rings (SSSR count). The minimum Gasteiger partial charge on any atom is -0.481 e. The molecule has 0 aromatic carbocycles. The maximum absolute atomic E-state index is 12.9. The number of pyridine rings is 2. The quantitative estimate of drug-likeness (QED) is 0.148. The smallest absolute Gasteiger partial charge is 0.306 e. The summed E-state index contributed by atoms with van der Waals surface area (Å²) in [6.07, 6.45) is 14.2. The van der Waals surface area contributed by atoms with E-state index in [-0.39, 0.29) is 23.7 Å². The second-order valence-corrected chi connectivity index (χ2v) is 17.8. The minimum atomic E-state index is -0.733. The Hall–Kier alpha value is -5.93. The zero-order chi connectivity index (χ0) is 40.4. The van der Waals surface area contributed by atoms with E-state index in [1.807, 2.05) is 29.2 Å². The second-order valence-electron chi connectivity index (χ2n) is 14.8. The van der Waals surface area contributed by atoms with Crippen molar-refractivity contribution in [3.63, 3.8) is 0 Å². The zero-order valence-electron chi connectivity index (χ0n) is 31.0. The van der Waals surface area contributed by atoms with Gasteiger partial charge in [-0.1, -0.05) is 23.2 Å². The number of nitriles is 1. The number of anilines is 4. The molecule has 8 aromatic heterocycles. The largest absolute Gasteiger partial charge is 0.481 e. The van der Waals surface area contributed by atoms with Gasteiger partial charge in [-0.25, -0.2) is 29.0 Å². The van der Waals surface area contributed by atoms with E-state index < -0.39 is 5.97 Å². The molecule has 15 nitrogen and oxygen atoms in total. The van der Waals surface area contributed by atoms with Gasteiger partial charge < -0.3 is 20.6 Å². The Labute approximate surface area is 353 Å². The van der Waals surface area contributed by atoms with E-state index in [0.717, 1.165) is 71.9 Å². The highest BCUT2D eigenvalue weighted by molar-refractivity contribution is 7.19. The highest BCUT2D eigenvalue weighted by Gasteiger charge is 2.37. The molecule has 0 spiro atoms. The molecule has 9 heterocycles. The van der Waals surface area contributed by atoms with Gasteiger partial charge in [-0.05, 0) is 73.9 Å². The van der Waals surface area contributed by atoms with Crippen molar-refractivity contribution in [1.29, 1.82) is 5.26 Å². The summed E-state index contributed by atoms with van der Waals surface area (Å²) in [6, 6.07) is 9.91. The molecule has 3 N–H and O–H groups in total. The number of carbonyl (C=O) groups is 2. The Morgan fingerprint density at radius 3 is 1.80 bits per heavy atom. The Morgan fingerprint density at radius 2 is 1.29 bits per heavy atom. The molecule has 1 saturated heterocycles. The number of carbonyl (C=O) groups excluding carboxylic acids is 1. The predicted octanol–water partition coefficient (Wildman–Crippen LogP) is 7.75. The van der Waals surface area contributed by atoms with Crippen LogP contribution >= 0.6 is 45.9 Å². The van der Waals surface area contributed by atoms with Crippen LogP contribution in [0.5, 0.6) is 0 Å². The maximum atomic E-state index is 12.9. The van der Waals surface area contributed by atoms with Crippen LogP contribution in [0.4, 0.5) is 23.0 Å². The first-order chi connectivity index (χ1) is 28.7. The number of rotatable bonds is 6. The summed E-state index contributed by atoms with van der Waals surface area (Å²) < 4.78 is 3.44. The fourth-order valence-electron chi connectivity index (χ4n) is 8.16. The molecule has 0 radical (unpaired) electrons.